The number of pyridine rings is 1. The van der Waals surface area contributed by atoms with Crippen LogP contribution in [0.25, 0.3) is 0 Å². The number of nitrogens with zero attached hydrogens (tertiary/aromatic N) is 1. The summed E-state index contributed by atoms with van der Waals surface area (Å²) in [5, 5.41) is 21.5. The lowest BCUT2D eigenvalue weighted by Crippen LogP contribution is -2.27. The normalized spacial score (nSPS) is 11.9. The van der Waals surface area contributed by atoms with Crippen molar-refractivity contribution in [2.24, 2.45) is 0 Å². The summed E-state index contributed by atoms with van der Waals surface area (Å²) in [5.41, 5.74) is 1.11. The first-order valence-corrected chi connectivity index (χ1v) is 6.78. The monoisotopic (exact) mass is 306 g/mol. The second kappa shape index (κ2) is 7.06. The maximum atomic E-state index is 11.0. The van der Waals surface area contributed by atoms with Gasteiger partial charge in [0.2, 0.25) is 0 Å². The van der Waals surface area contributed by atoms with Crippen molar-refractivity contribution in [3.05, 3.63) is 58.7 Å². The zero-order valence-electron chi connectivity index (χ0n) is 11.2. The average molecular weight is 307 g/mol. The summed E-state index contributed by atoms with van der Waals surface area (Å²) in [6, 6.07) is 12.1. The molecule has 1 aromatic carbocycles. The highest BCUT2D eigenvalue weighted by Gasteiger charge is 2.12. The quantitative estimate of drug-likeness (QED) is 0.714. The molecule has 0 aliphatic rings. The van der Waals surface area contributed by atoms with E-state index in [-0.39, 0.29) is 23.4 Å². The van der Waals surface area contributed by atoms with E-state index in [9.17, 15) is 9.90 Å². The third-order valence-corrected chi connectivity index (χ3v) is 3.13. The van der Waals surface area contributed by atoms with E-state index in [2.05, 4.69) is 10.3 Å². The maximum absolute atomic E-state index is 11.0. The van der Waals surface area contributed by atoms with Gasteiger partial charge in [0.1, 0.15) is 11.0 Å². The van der Waals surface area contributed by atoms with Gasteiger partial charge in [-0.1, -0.05) is 41.9 Å². The fraction of sp³-hybridized carbons (Fsp3) is 0.200. The first-order valence-electron chi connectivity index (χ1n) is 6.40. The molecule has 0 bridgehead atoms. The van der Waals surface area contributed by atoms with E-state index in [4.69, 9.17) is 16.7 Å². The molecule has 1 aromatic heterocycles. The Morgan fingerprint density at radius 1 is 1.29 bits per heavy atom. The lowest BCUT2D eigenvalue weighted by molar-refractivity contribution is 0.0697. The van der Waals surface area contributed by atoms with Crippen LogP contribution in [0, 0.1) is 0 Å². The number of benzene rings is 1. The summed E-state index contributed by atoms with van der Waals surface area (Å²) >= 11 is 5.80. The molecule has 0 aliphatic heterocycles. The van der Waals surface area contributed by atoms with Crippen LogP contribution in [0.5, 0.6) is 0 Å². The number of anilines is 1. The highest BCUT2D eigenvalue weighted by Crippen LogP contribution is 2.16. The zero-order valence-corrected chi connectivity index (χ0v) is 11.9. The Labute approximate surface area is 127 Å². The molecule has 0 fully saturated rings. The first kappa shape index (κ1) is 15.3. The average Bonchev–Trinajstić information content (AvgIpc) is 2.47. The SMILES string of the molecule is O=C(O)c1cc(Cl)nc(NC(CO)Cc2ccccc2)c1. The van der Waals surface area contributed by atoms with E-state index in [0.717, 1.165) is 5.56 Å². The molecule has 1 unspecified atom stereocenters. The number of carboxylic acid groups (broad SMARTS) is 1. The van der Waals surface area contributed by atoms with Gasteiger partial charge in [0.25, 0.3) is 0 Å². The van der Waals surface area contributed by atoms with E-state index < -0.39 is 5.97 Å². The van der Waals surface area contributed by atoms with Crippen LogP contribution >= 0.6 is 11.6 Å². The van der Waals surface area contributed by atoms with Gasteiger partial charge in [-0.15, -0.1) is 0 Å². The molecule has 0 saturated carbocycles. The number of aromatic nitrogens is 1. The molecule has 0 amide bonds. The third kappa shape index (κ3) is 4.44. The molecule has 1 heterocycles. The molecule has 0 spiro atoms. The van der Waals surface area contributed by atoms with Crippen molar-refractivity contribution in [1.29, 1.82) is 0 Å². The molecule has 2 rings (SSSR count). The second-order valence-electron chi connectivity index (χ2n) is 4.58. The number of rotatable bonds is 6. The van der Waals surface area contributed by atoms with Crippen molar-refractivity contribution >= 4 is 23.4 Å². The number of carboxylic acids is 1. The van der Waals surface area contributed by atoms with E-state index in [1.165, 1.54) is 12.1 Å². The van der Waals surface area contributed by atoms with Crippen LogP contribution in [0.1, 0.15) is 15.9 Å². The van der Waals surface area contributed by atoms with E-state index in [0.29, 0.717) is 12.2 Å². The molecule has 6 heteroatoms. The fourth-order valence-electron chi connectivity index (χ4n) is 1.96. The minimum Gasteiger partial charge on any atom is -0.478 e. The van der Waals surface area contributed by atoms with Crippen LogP contribution < -0.4 is 5.32 Å². The van der Waals surface area contributed by atoms with Crippen LogP contribution in [-0.4, -0.2) is 33.8 Å². The van der Waals surface area contributed by atoms with Crippen LogP contribution in [0.2, 0.25) is 5.15 Å². The number of aromatic carboxylic acids is 1. The highest BCUT2D eigenvalue weighted by atomic mass is 35.5. The largest absolute Gasteiger partial charge is 0.478 e. The van der Waals surface area contributed by atoms with Gasteiger partial charge in [-0.3, -0.25) is 0 Å². The van der Waals surface area contributed by atoms with Gasteiger partial charge >= 0.3 is 5.97 Å². The highest BCUT2D eigenvalue weighted by molar-refractivity contribution is 6.29. The van der Waals surface area contributed by atoms with Crippen molar-refractivity contribution in [3.63, 3.8) is 0 Å². The number of carbonyl (C=O) groups is 1. The Kier molecular flexibility index (Phi) is 5.14. The third-order valence-electron chi connectivity index (χ3n) is 2.94. The standard InChI is InChI=1S/C15H15ClN2O3/c16-13-7-11(15(20)21)8-14(18-13)17-12(9-19)6-10-4-2-1-3-5-10/h1-5,7-8,12,19H,6,9H2,(H,17,18)(H,20,21). The van der Waals surface area contributed by atoms with Gasteiger partial charge in [0.15, 0.2) is 0 Å². The number of hydrogen-bond donors (Lipinski definition) is 3. The summed E-state index contributed by atoms with van der Waals surface area (Å²) in [5.74, 6) is -0.749. The Morgan fingerprint density at radius 3 is 2.62 bits per heavy atom. The maximum Gasteiger partial charge on any atom is 0.335 e. The minimum absolute atomic E-state index is 0.0499. The molecule has 0 radical (unpaired) electrons. The van der Waals surface area contributed by atoms with Crippen molar-refractivity contribution in [3.8, 4) is 0 Å². The van der Waals surface area contributed by atoms with Crippen molar-refractivity contribution in [1.82, 2.24) is 4.98 Å². The Balaban J connectivity index is 2.13. The van der Waals surface area contributed by atoms with Gasteiger partial charge < -0.3 is 15.5 Å². The fourth-order valence-corrected chi connectivity index (χ4v) is 2.17. The predicted molar refractivity (Wildman–Crippen MR) is 80.8 cm³/mol. The number of aliphatic hydroxyl groups is 1. The molecule has 2 aromatic rings. The van der Waals surface area contributed by atoms with E-state index in [1.54, 1.807) is 0 Å². The van der Waals surface area contributed by atoms with Gasteiger partial charge in [0, 0.05) is 0 Å². The summed E-state index contributed by atoms with van der Waals surface area (Å²) in [7, 11) is 0. The zero-order chi connectivity index (χ0) is 15.2. The summed E-state index contributed by atoms with van der Waals surface area (Å²) < 4.78 is 0. The lowest BCUT2D eigenvalue weighted by atomic mass is 10.1. The predicted octanol–water partition coefficient (Wildman–Crippen LogP) is 2.45. The minimum atomic E-state index is -1.08. The Hall–Kier alpha value is -2.11. The van der Waals surface area contributed by atoms with Crippen molar-refractivity contribution in [2.45, 2.75) is 12.5 Å². The molecule has 5 nitrogen and oxygen atoms in total. The molecule has 3 N–H and O–H groups in total. The van der Waals surface area contributed by atoms with Crippen molar-refractivity contribution < 1.29 is 15.0 Å². The molecule has 110 valence electrons. The molecule has 21 heavy (non-hydrogen) atoms. The lowest BCUT2D eigenvalue weighted by Gasteiger charge is -2.17. The Morgan fingerprint density at radius 2 is 2.00 bits per heavy atom. The number of aliphatic hydroxyl groups excluding tert-OH is 1. The van der Waals surface area contributed by atoms with Crippen LogP contribution in [0.15, 0.2) is 42.5 Å². The molecule has 1 atom stereocenters. The molecule has 0 saturated heterocycles. The van der Waals surface area contributed by atoms with Gasteiger partial charge in [-0.05, 0) is 24.1 Å². The summed E-state index contributed by atoms with van der Waals surface area (Å²) in [6.07, 6.45) is 0.591. The van der Waals surface area contributed by atoms with Crippen LogP contribution in [0.4, 0.5) is 5.82 Å². The molecular weight excluding hydrogens is 292 g/mol. The van der Waals surface area contributed by atoms with E-state index in [1.807, 2.05) is 30.3 Å². The van der Waals surface area contributed by atoms with E-state index >= 15 is 0 Å². The van der Waals surface area contributed by atoms with Crippen molar-refractivity contribution in [2.75, 3.05) is 11.9 Å². The number of nitrogens with one attached hydrogen (secondary N) is 1. The summed E-state index contributed by atoms with van der Waals surface area (Å²) in [4.78, 5) is 15.0. The van der Waals surface area contributed by atoms with Crippen LogP contribution in [0.3, 0.4) is 0 Å². The van der Waals surface area contributed by atoms with Gasteiger partial charge in [-0.25, -0.2) is 9.78 Å². The second-order valence-corrected chi connectivity index (χ2v) is 4.97. The van der Waals surface area contributed by atoms with Gasteiger partial charge in [-0.2, -0.15) is 0 Å². The topological polar surface area (TPSA) is 82.5 Å². The van der Waals surface area contributed by atoms with Crippen LogP contribution in [-0.2, 0) is 6.42 Å². The first-order chi connectivity index (χ1) is 10.1. The van der Waals surface area contributed by atoms with Gasteiger partial charge in [0.05, 0.1) is 18.2 Å². The Bertz CT molecular complexity index is 620. The molecule has 0 aliphatic carbocycles. The summed E-state index contributed by atoms with van der Waals surface area (Å²) in [6.45, 7) is -0.106. The number of hydrogen-bond acceptors (Lipinski definition) is 4. The number of halogens is 1. The smallest absolute Gasteiger partial charge is 0.335 e. The molecular formula is C15H15ClN2O3.